The van der Waals surface area contributed by atoms with Crippen LogP contribution in [0.4, 0.5) is 9.59 Å². The van der Waals surface area contributed by atoms with Gasteiger partial charge in [-0.3, -0.25) is 19.6 Å². The van der Waals surface area contributed by atoms with Crippen molar-refractivity contribution in [3.63, 3.8) is 0 Å². The van der Waals surface area contributed by atoms with Gasteiger partial charge in [0.15, 0.2) is 6.61 Å². The molecule has 0 aromatic carbocycles. The minimum atomic E-state index is -0.738. The number of hydrogen-bond acceptors (Lipinski definition) is 7. The molecule has 2 atom stereocenters. The summed E-state index contributed by atoms with van der Waals surface area (Å²) in [7, 11) is 0. The van der Waals surface area contributed by atoms with Crippen molar-refractivity contribution in [3.05, 3.63) is 0 Å². The van der Waals surface area contributed by atoms with Gasteiger partial charge in [-0.1, -0.05) is 0 Å². The Balaban J connectivity index is 1.38. The lowest BCUT2D eigenvalue weighted by Gasteiger charge is -2.35. The molecule has 0 aromatic heterocycles. The van der Waals surface area contributed by atoms with E-state index in [2.05, 4.69) is 5.48 Å². The molecule has 5 amide bonds. The zero-order valence-corrected chi connectivity index (χ0v) is 17.5. The van der Waals surface area contributed by atoms with Gasteiger partial charge in [0.2, 0.25) is 0 Å². The lowest BCUT2D eigenvalue weighted by atomic mass is 10.0. The number of fused-ring (bicyclic) bond motifs is 2. The Kier molecular flexibility index (Phi) is 6.36. The normalized spacial score (nSPS) is 24.2. The molecule has 12 nitrogen and oxygen atoms in total. The van der Waals surface area contributed by atoms with Crippen molar-refractivity contribution in [2.45, 2.75) is 51.3 Å². The lowest BCUT2D eigenvalue weighted by molar-refractivity contribution is -0.148. The van der Waals surface area contributed by atoms with Crippen LogP contribution in [0.2, 0.25) is 0 Å². The second-order valence-corrected chi connectivity index (χ2v) is 8.63. The van der Waals surface area contributed by atoms with Gasteiger partial charge >= 0.3 is 12.1 Å². The van der Waals surface area contributed by atoms with Crippen LogP contribution in [0.25, 0.3) is 0 Å². The summed E-state index contributed by atoms with van der Waals surface area (Å²) < 4.78 is 5.32. The van der Waals surface area contributed by atoms with Crippen LogP contribution in [0.15, 0.2) is 0 Å². The number of nitrogens with one attached hydrogen (secondary N) is 1. The number of rotatable bonds is 4. The van der Waals surface area contributed by atoms with Gasteiger partial charge in [0.25, 0.3) is 11.8 Å². The number of nitrogens with zero attached hydrogens (tertiary/aromatic N) is 4. The van der Waals surface area contributed by atoms with Crippen LogP contribution < -0.4 is 5.48 Å². The van der Waals surface area contributed by atoms with Crippen molar-refractivity contribution < 1.29 is 34.0 Å². The molecular formula is C18H29N5O7. The third kappa shape index (κ3) is 4.93. The Labute approximate surface area is 174 Å². The van der Waals surface area contributed by atoms with E-state index in [4.69, 9.17) is 9.57 Å². The van der Waals surface area contributed by atoms with E-state index in [1.807, 2.05) is 0 Å². The van der Waals surface area contributed by atoms with E-state index < -0.39 is 29.7 Å². The van der Waals surface area contributed by atoms with Gasteiger partial charge in [-0.2, -0.15) is 0 Å². The van der Waals surface area contributed by atoms with Crippen molar-refractivity contribution in [1.82, 2.24) is 25.2 Å². The maximum atomic E-state index is 12.3. The van der Waals surface area contributed by atoms with Gasteiger partial charge in [-0.05, 0) is 33.6 Å². The van der Waals surface area contributed by atoms with Gasteiger partial charge < -0.3 is 19.4 Å². The highest BCUT2D eigenvalue weighted by molar-refractivity contribution is 5.88. The Morgan fingerprint density at radius 1 is 1.10 bits per heavy atom. The molecular weight excluding hydrogens is 398 g/mol. The maximum Gasteiger partial charge on any atom is 0.410 e. The van der Waals surface area contributed by atoms with Crippen LogP contribution >= 0.6 is 0 Å². The average Bonchev–Trinajstić information content (AvgIpc) is 2.90. The van der Waals surface area contributed by atoms with Crippen molar-refractivity contribution in [2.75, 3.05) is 39.3 Å². The SMILES string of the molecule is CC(C)(C)OC(=O)N1CCN(C(=O)CONC(=O)[C@@H]2CC[C@@H]3CN2C(=O)N3O)CC1. The predicted octanol–water partition coefficient (Wildman–Crippen LogP) is -0.229. The standard InChI is InChI=1S/C18H29N5O7/c1-18(2,3)30-17(27)21-8-6-20(7-9-21)14(24)11-29-19-15(25)13-5-4-12-10-22(13)16(26)23(12)28/h12-13,28H,4-11H2,1-3H3,(H,19,25)/t12-,13+/m1/s1. The summed E-state index contributed by atoms with van der Waals surface area (Å²) in [6.07, 6.45) is 0.506. The summed E-state index contributed by atoms with van der Waals surface area (Å²) in [4.78, 5) is 58.1. The van der Waals surface area contributed by atoms with Crippen molar-refractivity contribution in [1.29, 1.82) is 0 Å². The second-order valence-electron chi connectivity index (χ2n) is 8.63. The third-order valence-corrected chi connectivity index (χ3v) is 5.30. The molecule has 0 radical (unpaired) electrons. The molecule has 0 aliphatic carbocycles. The molecule has 0 aromatic rings. The Hall–Kier alpha value is -2.60. The quantitative estimate of drug-likeness (QED) is 0.468. The highest BCUT2D eigenvalue weighted by atomic mass is 16.7. The molecule has 2 bridgehead atoms. The smallest absolute Gasteiger partial charge is 0.410 e. The number of amides is 5. The fourth-order valence-electron chi connectivity index (χ4n) is 3.72. The van der Waals surface area contributed by atoms with Crippen molar-refractivity contribution in [2.24, 2.45) is 0 Å². The lowest BCUT2D eigenvalue weighted by Crippen LogP contribution is -2.53. The summed E-state index contributed by atoms with van der Waals surface area (Å²) in [5.74, 6) is -0.846. The summed E-state index contributed by atoms with van der Waals surface area (Å²) >= 11 is 0. The molecule has 0 unspecified atom stereocenters. The van der Waals surface area contributed by atoms with Crippen LogP contribution in [-0.4, -0.2) is 106 Å². The number of ether oxygens (including phenoxy) is 1. The molecule has 3 rings (SSSR count). The molecule has 3 heterocycles. The van der Waals surface area contributed by atoms with Crippen molar-refractivity contribution in [3.8, 4) is 0 Å². The summed E-state index contributed by atoms with van der Waals surface area (Å²) in [5.41, 5.74) is 1.65. The first-order valence-corrected chi connectivity index (χ1v) is 10.0. The van der Waals surface area contributed by atoms with Gasteiger partial charge in [-0.25, -0.2) is 20.1 Å². The molecule has 3 aliphatic rings. The summed E-state index contributed by atoms with van der Waals surface area (Å²) in [6, 6.07) is -1.63. The predicted molar refractivity (Wildman–Crippen MR) is 101 cm³/mol. The molecule has 2 N–H and O–H groups in total. The molecule has 30 heavy (non-hydrogen) atoms. The molecule has 12 heteroatoms. The molecule has 3 saturated heterocycles. The summed E-state index contributed by atoms with van der Waals surface area (Å²) in [6.45, 7) is 6.70. The number of piperazine rings is 1. The highest BCUT2D eigenvalue weighted by Crippen LogP contribution is 2.28. The zero-order chi connectivity index (χ0) is 22.1. The highest BCUT2D eigenvalue weighted by Gasteiger charge is 2.46. The van der Waals surface area contributed by atoms with Gasteiger partial charge in [-0.15, -0.1) is 0 Å². The van der Waals surface area contributed by atoms with Crippen LogP contribution in [0.3, 0.4) is 0 Å². The molecule has 0 saturated carbocycles. The third-order valence-electron chi connectivity index (χ3n) is 5.30. The van der Waals surface area contributed by atoms with E-state index >= 15 is 0 Å². The molecule has 3 aliphatic heterocycles. The number of carbonyl (C=O) groups is 4. The van der Waals surface area contributed by atoms with Crippen LogP contribution in [0.5, 0.6) is 0 Å². The minimum Gasteiger partial charge on any atom is -0.444 e. The van der Waals surface area contributed by atoms with E-state index in [1.165, 1.54) is 4.90 Å². The van der Waals surface area contributed by atoms with E-state index in [9.17, 15) is 24.4 Å². The molecule has 168 valence electrons. The van der Waals surface area contributed by atoms with Crippen LogP contribution in [0.1, 0.15) is 33.6 Å². The number of hydroxylamine groups is 3. The van der Waals surface area contributed by atoms with Gasteiger partial charge in [0.05, 0.1) is 6.04 Å². The number of hydrogen-bond donors (Lipinski definition) is 2. The molecule has 0 spiro atoms. The maximum absolute atomic E-state index is 12.3. The number of urea groups is 1. The summed E-state index contributed by atoms with van der Waals surface area (Å²) in [5, 5.41) is 10.3. The zero-order valence-electron chi connectivity index (χ0n) is 17.5. The number of piperidine rings is 1. The van der Waals surface area contributed by atoms with Gasteiger partial charge in [0, 0.05) is 32.7 Å². The first-order valence-electron chi connectivity index (χ1n) is 10.0. The first kappa shape index (κ1) is 22.1. The second kappa shape index (κ2) is 8.64. The Bertz CT molecular complexity index is 702. The van der Waals surface area contributed by atoms with Crippen molar-refractivity contribution >= 4 is 23.9 Å². The first-order chi connectivity index (χ1) is 14.1. The average molecular weight is 427 g/mol. The van der Waals surface area contributed by atoms with Gasteiger partial charge in [0.1, 0.15) is 11.6 Å². The topological polar surface area (TPSA) is 132 Å². The van der Waals surface area contributed by atoms with E-state index in [1.54, 1.807) is 30.6 Å². The fourth-order valence-corrected chi connectivity index (χ4v) is 3.72. The van der Waals surface area contributed by atoms with E-state index in [0.717, 1.165) is 0 Å². The van der Waals surface area contributed by atoms with E-state index in [0.29, 0.717) is 44.1 Å². The Morgan fingerprint density at radius 2 is 1.73 bits per heavy atom. The van der Waals surface area contributed by atoms with E-state index in [-0.39, 0.29) is 25.1 Å². The monoisotopic (exact) mass is 427 g/mol. The fraction of sp³-hybridized carbons (Fsp3) is 0.778. The molecule has 3 fully saturated rings. The number of carbonyl (C=O) groups excluding carboxylic acids is 4. The largest absolute Gasteiger partial charge is 0.444 e. The minimum absolute atomic E-state index is 0.286. The Morgan fingerprint density at radius 3 is 2.37 bits per heavy atom. The van der Waals surface area contributed by atoms with Crippen LogP contribution in [-0.2, 0) is 19.2 Å². The van der Waals surface area contributed by atoms with Crippen LogP contribution in [0, 0.1) is 0 Å².